The Morgan fingerprint density at radius 2 is 2.27 bits per heavy atom. The van der Waals surface area contributed by atoms with Gasteiger partial charge in [-0.15, -0.1) is 10.2 Å². The van der Waals surface area contributed by atoms with E-state index in [-0.39, 0.29) is 11.7 Å². The topological polar surface area (TPSA) is 123 Å². The molecule has 132 valence electrons. The monoisotopic (exact) mass is 388 g/mol. The van der Waals surface area contributed by atoms with Gasteiger partial charge in [0.05, 0.1) is 28.8 Å². The van der Waals surface area contributed by atoms with E-state index in [1.54, 1.807) is 25.1 Å². The predicted molar refractivity (Wildman–Crippen MR) is 98.1 cm³/mol. The van der Waals surface area contributed by atoms with Crippen LogP contribution >= 0.6 is 23.4 Å². The van der Waals surface area contributed by atoms with Gasteiger partial charge in [-0.3, -0.25) is 4.79 Å². The van der Waals surface area contributed by atoms with Crippen molar-refractivity contribution >= 4 is 35.0 Å². The maximum absolute atomic E-state index is 12.2. The van der Waals surface area contributed by atoms with Crippen LogP contribution < -0.4 is 11.2 Å². The summed E-state index contributed by atoms with van der Waals surface area (Å²) in [6, 6.07) is 8.39. The number of carbonyl (C=O) groups is 1. The molecule has 0 unspecified atom stereocenters. The maximum Gasteiger partial charge on any atom is 0.234 e. The number of nitrogens with two attached hydrogens (primary N) is 1. The predicted octanol–water partition coefficient (Wildman–Crippen LogP) is 2.82. The fraction of sp³-hybridized carbons (Fsp3) is 0.125. The van der Waals surface area contributed by atoms with Gasteiger partial charge < -0.3 is 15.6 Å². The van der Waals surface area contributed by atoms with Crippen LogP contribution in [0.3, 0.4) is 0 Å². The van der Waals surface area contributed by atoms with Crippen molar-refractivity contribution in [3.63, 3.8) is 0 Å². The first-order chi connectivity index (χ1) is 12.5. The minimum absolute atomic E-state index is 0.0388. The number of aromatic nitrogens is 3. The van der Waals surface area contributed by atoms with Gasteiger partial charge in [-0.1, -0.05) is 23.4 Å². The number of furan rings is 1. The Morgan fingerprint density at radius 1 is 1.46 bits per heavy atom. The number of amides is 1. The SMILES string of the molecule is Cc1occc1-c1nnc(SCC(=O)Nc2cc(Cl)ccc2C#N)n1N. The molecular weight excluding hydrogens is 376 g/mol. The number of benzene rings is 1. The molecule has 2 heterocycles. The van der Waals surface area contributed by atoms with Crippen LogP contribution in [-0.4, -0.2) is 26.5 Å². The summed E-state index contributed by atoms with van der Waals surface area (Å²) in [7, 11) is 0. The Bertz CT molecular complexity index is 1010. The Hall–Kier alpha value is -2.96. The van der Waals surface area contributed by atoms with Gasteiger partial charge in [0, 0.05) is 5.02 Å². The molecule has 3 N–H and O–H groups in total. The van der Waals surface area contributed by atoms with Gasteiger partial charge in [0.25, 0.3) is 0 Å². The molecule has 10 heteroatoms. The molecule has 0 aliphatic heterocycles. The van der Waals surface area contributed by atoms with E-state index in [4.69, 9.17) is 27.1 Å². The lowest BCUT2D eigenvalue weighted by Crippen LogP contribution is -2.17. The highest BCUT2D eigenvalue weighted by Crippen LogP contribution is 2.25. The molecule has 0 radical (unpaired) electrons. The molecule has 8 nitrogen and oxygen atoms in total. The zero-order valence-electron chi connectivity index (χ0n) is 13.6. The van der Waals surface area contributed by atoms with Crippen molar-refractivity contribution in [1.29, 1.82) is 5.26 Å². The van der Waals surface area contributed by atoms with Gasteiger partial charge >= 0.3 is 0 Å². The first-order valence-corrected chi connectivity index (χ1v) is 8.73. The summed E-state index contributed by atoms with van der Waals surface area (Å²) >= 11 is 7.03. The lowest BCUT2D eigenvalue weighted by molar-refractivity contribution is -0.113. The Balaban J connectivity index is 1.68. The fourth-order valence-electron chi connectivity index (χ4n) is 2.21. The molecule has 0 spiro atoms. The number of rotatable bonds is 5. The average Bonchev–Trinajstić information content (AvgIpc) is 3.18. The molecule has 0 bridgehead atoms. The average molecular weight is 389 g/mol. The fourth-order valence-corrected chi connectivity index (χ4v) is 3.04. The number of nitriles is 1. The van der Waals surface area contributed by atoms with Crippen LogP contribution in [0.1, 0.15) is 11.3 Å². The van der Waals surface area contributed by atoms with Gasteiger partial charge in [0.2, 0.25) is 11.1 Å². The number of nitrogens with one attached hydrogen (secondary N) is 1. The second-order valence-electron chi connectivity index (χ2n) is 5.21. The number of anilines is 1. The summed E-state index contributed by atoms with van der Waals surface area (Å²) in [5.74, 6) is 6.84. The number of hydrogen-bond acceptors (Lipinski definition) is 7. The van der Waals surface area contributed by atoms with Crippen LogP contribution in [-0.2, 0) is 4.79 Å². The van der Waals surface area contributed by atoms with Gasteiger partial charge in [0.1, 0.15) is 11.8 Å². The highest BCUT2D eigenvalue weighted by Gasteiger charge is 2.17. The quantitative estimate of drug-likeness (QED) is 0.508. The Kier molecular flexibility index (Phi) is 5.16. The first kappa shape index (κ1) is 17.8. The van der Waals surface area contributed by atoms with Gasteiger partial charge in [0.15, 0.2) is 5.82 Å². The van der Waals surface area contributed by atoms with Crippen molar-refractivity contribution in [2.24, 2.45) is 0 Å². The van der Waals surface area contributed by atoms with Crippen LogP contribution in [0.4, 0.5) is 5.69 Å². The molecule has 1 aromatic carbocycles. The van der Waals surface area contributed by atoms with E-state index in [2.05, 4.69) is 15.5 Å². The lowest BCUT2D eigenvalue weighted by Gasteiger charge is -2.07. The minimum Gasteiger partial charge on any atom is -0.469 e. The lowest BCUT2D eigenvalue weighted by atomic mass is 10.2. The Labute approximate surface area is 157 Å². The number of carbonyl (C=O) groups excluding carboxylic acids is 1. The molecule has 1 amide bonds. The highest BCUT2D eigenvalue weighted by atomic mass is 35.5. The molecule has 0 aliphatic rings. The highest BCUT2D eigenvalue weighted by molar-refractivity contribution is 7.99. The molecule has 0 atom stereocenters. The van der Waals surface area contributed by atoms with Crippen molar-refractivity contribution in [1.82, 2.24) is 14.9 Å². The van der Waals surface area contributed by atoms with Crippen LogP contribution in [0.15, 0.2) is 40.1 Å². The minimum atomic E-state index is -0.321. The van der Waals surface area contributed by atoms with E-state index in [1.165, 1.54) is 17.0 Å². The van der Waals surface area contributed by atoms with Gasteiger partial charge in [-0.25, -0.2) is 4.68 Å². The number of aryl methyl sites for hydroxylation is 1. The van der Waals surface area contributed by atoms with E-state index in [0.29, 0.717) is 33.0 Å². The molecule has 3 rings (SSSR count). The summed E-state index contributed by atoms with van der Waals surface area (Å²) in [5.41, 5.74) is 1.41. The number of nitrogens with zero attached hydrogens (tertiary/aromatic N) is 4. The zero-order chi connectivity index (χ0) is 18.7. The number of thioether (sulfide) groups is 1. The molecule has 0 aliphatic carbocycles. The van der Waals surface area contributed by atoms with Crippen molar-refractivity contribution in [3.05, 3.63) is 46.9 Å². The van der Waals surface area contributed by atoms with E-state index >= 15 is 0 Å². The Morgan fingerprint density at radius 3 is 2.96 bits per heavy atom. The summed E-state index contributed by atoms with van der Waals surface area (Å²) < 4.78 is 6.54. The van der Waals surface area contributed by atoms with Crippen LogP contribution in [0, 0.1) is 18.3 Å². The molecule has 2 aromatic heterocycles. The molecule has 0 saturated carbocycles. The third-order valence-corrected chi connectivity index (χ3v) is 4.65. The normalized spacial score (nSPS) is 10.5. The standard InChI is InChI=1S/C16H13ClN6O2S/c1-9-12(4-5-25-9)15-21-22-16(23(15)19)26-8-14(24)20-13-6-11(17)3-2-10(13)7-18/h2-6H,8,19H2,1H3,(H,20,24). The third-order valence-electron chi connectivity index (χ3n) is 3.47. The first-order valence-electron chi connectivity index (χ1n) is 7.37. The number of halogens is 1. The summed E-state index contributed by atoms with van der Waals surface area (Å²) in [6.07, 6.45) is 1.54. The summed E-state index contributed by atoms with van der Waals surface area (Å²) in [4.78, 5) is 12.2. The summed E-state index contributed by atoms with van der Waals surface area (Å²) in [5, 5.41) is 20.6. The van der Waals surface area contributed by atoms with Crippen molar-refractivity contribution in [3.8, 4) is 17.5 Å². The van der Waals surface area contributed by atoms with Crippen molar-refractivity contribution < 1.29 is 9.21 Å². The van der Waals surface area contributed by atoms with Crippen LogP contribution in [0.25, 0.3) is 11.4 Å². The van der Waals surface area contributed by atoms with Crippen molar-refractivity contribution in [2.45, 2.75) is 12.1 Å². The second-order valence-corrected chi connectivity index (χ2v) is 6.58. The smallest absolute Gasteiger partial charge is 0.234 e. The third kappa shape index (κ3) is 3.66. The largest absolute Gasteiger partial charge is 0.469 e. The maximum atomic E-state index is 12.2. The molecule has 26 heavy (non-hydrogen) atoms. The van der Waals surface area contributed by atoms with E-state index in [9.17, 15) is 4.79 Å². The van der Waals surface area contributed by atoms with Gasteiger partial charge in [-0.05, 0) is 31.2 Å². The van der Waals surface area contributed by atoms with Gasteiger partial charge in [-0.2, -0.15) is 5.26 Å². The molecule has 3 aromatic rings. The van der Waals surface area contributed by atoms with Crippen LogP contribution in [0.5, 0.6) is 0 Å². The van der Waals surface area contributed by atoms with E-state index < -0.39 is 0 Å². The van der Waals surface area contributed by atoms with E-state index in [1.807, 2.05) is 6.07 Å². The van der Waals surface area contributed by atoms with Crippen LogP contribution in [0.2, 0.25) is 5.02 Å². The zero-order valence-corrected chi connectivity index (χ0v) is 15.1. The molecule has 0 saturated heterocycles. The molecule has 0 fully saturated rings. The number of nitrogen functional groups attached to an aromatic ring is 1. The summed E-state index contributed by atoms with van der Waals surface area (Å²) in [6.45, 7) is 1.79. The number of hydrogen-bond donors (Lipinski definition) is 2. The van der Waals surface area contributed by atoms with E-state index in [0.717, 1.165) is 17.3 Å². The second kappa shape index (κ2) is 7.51. The van der Waals surface area contributed by atoms with Crippen molar-refractivity contribution in [2.75, 3.05) is 16.9 Å². The molecular formula is C16H13ClN6O2S.